The van der Waals surface area contributed by atoms with Crippen LogP contribution in [0.15, 0.2) is 24.3 Å². The predicted molar refractivity (Wildman–Crippen MR) is 86.2 cm³/mol. The Morgan fingerprint density at radius 3 is 2.76 bits per heavy atom. The summed E-state index contributed by atoms with van der Waals surface area (Å²) in [6.45, 7) is 8.47. The van der Waals surface area contributed by atoms with Gasteiger partial charge in [0.2, 0.25) is 0 Å². The lowest BCUT2D eigenvalue weighted by molar-refractivity contribution is 0.177. The first-order valence-electron chi connectivity index (χ1n) is 8.02. The third-order valence-electron chi connectivity index (χ3n) is 4.10. The number of rotatable bonds is 8. The van der Waals surface area contributed by atoms with E-state index >= 15 is 0 Å². The standard InChI is InChI=1S/C17H28N2O2/c1-3-19(14-15-7-6-10-18-13-15)11-12-21-17-9-5-4-8-16(17)20-2/h4-5,8-9,15,18H,3,6-7,10-14H2,1-2H3. The smallest absolute Gasteiger partial charge is 0.161 e. The van der Waals surface area contributed by atoms with Crippen LogP contribution in [-0.2, 0) is 0 Å². The van der Waals surface area contributed by atoms with Gasteiger partial charge in [-0.05, 0) is 50.5 Å². The van der Waals surface area contributed by atoms with Crippen LogP contribution in [0.2, 0.25) is 0 Å². The number of para-hydroxylation sites is 2. The molecule has 0 radical (unpaired) electrons. The van der Waals surface area contributed by atoms with Gasteiger partial charge in [0.15, 0.2) is 11.5 Å². The summed E-state index contributed by atoms with van der Waals surface area (Å²) < 4.78 is 11.2. The molecule has 0 amide bonds. The molecule has 0 aliphatic carbocycles. The van der Waals surface area contributed by atoms with Crippen LogP contribution >= 0.6 is 0 Å². The number of likely N-dealkylation sites (N-methyl/N-ethyl adjacent to an activating group) is 1. The van der Waals surface area contributed by atoms with Crippen LogP contribution in [0.4, 0.5) is 0 Å². The molecule has 21 heavy (non-hydrogen) atoms. The molecule has 2 rings (SSSR count). The lowest BCUT2D eigenvalue weighted by atomic mass is 9.99. The monoisotopic (exact) mass is 292 g/mol. The molecule has 1 N–H and O–H groups in total. The molecule has 1 heterocycles. The van der Waals surface area contributed by atoms with Gasteiger partial charge >= 0.3 is 0 Å². The SMILES string of the molecule is CCN(CCOc1ccccc1OC)CC1CCCNC1. The summed E-state index contributed by atoms with van der Waals surface area (Å²) in [4.78, 5) is 2.48. The highest BCUT2D eigenvalue weighted by atomic mass is 16.5. The molecule has 1 aliphatic rings. The normalized spacial score (nSPS) is 18.7. The van der Waals surface area contributed by atoms with Crippen molar-refractivity contribution in [3.63, 3.8) is 0 Å². The van der Waals surface area contributed by atoms with Crippen molar-refractivity contribution in [1.82, 2.24) is 10.2 Å². The second-order valence-corrected chi connectivity index (χ2v) is 5.60. The third kappa shape index (κ3) is 5.21. The van der Waals surface area contributed by atoms with E-state index in [-0.39, 0.29) is 0 Å². The zero-order valence-corrected chi connectivity index (χ0v) is 13.3. The molecule has 1 aromatic rings. The maximum atomic E-state index is 5.87. The molecule has 1 aliphatic heterocycles. The van der Waals surface area contributed by atoms with Crippen molar-refractivity contribution < 1.29 is 9.47 Å². The minimum Gasteiger partial charge on any atom is -0.493 e. The number of benzene rings is 1. The summed E-state index contributed by atoms with van der Waals surface area (Å²) in [5, 5.41) is 3.49. The van der Waals surface area contributed by atoms with Crippen LogP contribution in [-0.4, -0.2) is 51.3 Å². The average Bonchev–Trinajstić information content (AvgIpc) is 2.55. The Kier molecular flexibility index (Phi) is 6.83. The van der Waals surface area contributed by atoms with E-state index in [1.807, 2.05) is 24.3 Å². The summed E-state index contributed by atoms with van der Waals surface area (Å²) >= 11 is 0. The second-order valence-electron chi connectivity index (χ2n) is 5.60. The summed E-state index contributed by atoms with van der Waals surface area (Å²) in [6, 6.07) is 7.82. The van der Waals surface area contributed by atoms with Crippen molar-refractivity contribution in [3.05, 3.63) is 24.3 Å². The first kappa shape index (κ1) is 16.1. The first-order valence-corrected chi connectivity index (χ1v) is 8.02. The number of piperidine rings is 1. The molecule has 1 aromatic carbocycles. The predicted octanol–water partition coefficient (Wildman–Crippen LogP) is 2.40. The van der Waals surface area contributed by atoms with E-state index in [1.165, 1.54) is 25.9 Å². The van der Waals surface area contributed by atoms with Crippen LogP contribution < -0.4 is 14.8 Å². The van der Waals surface area contributed by atoms with Crippen LogP contribution in [0.3, 0.4) is 0 Å². The molecular weight excluding hydrogens is 264 g/mol. The zero-order chi connectivity index (χ0) is 14.9. The van der Waals surface area contributed by atoms with Gasteiger partial charge in [0.1, 0.15) is 6.61 Å². The molecule has 0 aromatic heterocycles. The average molecular weight is 292 g/mol. The molecule has 4 heteroatoms. The second kappa shape index (κ2) is 8.90. The minimum absolute atomic E-state index is 0.703. The molecule has 1 saturated heterocycles. The van der Waals surface area contributed by atoms with E-state index in [1.54, 1.807) is 7.11 Å². The van der Waals surface area contributed by atoms with Gasteiger partial charge in [0.25, 0.3) is 0 Å². The fourth-order valence-electron chi connectivity index (χ4n) is 2.85. The maximum Gasteiger partial charge on any atom is 0.161 e. The Balaban J connectivity index is 1.74. The Morgan fingerprint density at radius 1 is 1.29 bits per heavy atom. The van der Waals surface area contributed by atoms with Gasteiger partial charge in [-0.25, -0.2) is 0 Å². The lowest BCUT2D eigenvalue weighted by Gasteiger charge is -2.29. The van der Waals surface area contributed by atoms with Gasteiger partial charge in [0.05, 0.1) is 7.11 Å². The third-order valence-corrected chi connectivity index (χ3v) is 4.10. The van der Waals surface area contributed by atoms with E-state index in [4.69, 9.17) is 9.47 Å². The molecule has 4 nitrogen and oxygen atoms in total. The van der Waals surface area contributed by atoms with Gasteiger partial charge in [-0.3, -0.25) is 4.90 Å². The number of hydrogen-bond acceptors (Lipinski definition) is 4. The minimum atomic E-state index is 0.703. The Hall–Kier alpha value is -1.26. The molecule has 1 atom stereocenters. The van der Waals surface area contributed by atoms with Crippen molar-refractivity contribution in [3.8, 4) is 11.5 Å². The topological polar surface area (TPSA) is 33.7 Å². The van der Waals surface area contributed by atoms with Crippen molar-refractivity contribution in [2.45, 2.75) is 19.8 Å². The summed E-state index contributed by atoms with van der Waals surface area (Å²) in [5.74, 6) is 2.41. The Bertz CT molecular complexity index is 406. The first-order chi connectivity index (χ1) is 10.3. The van der Waals surface area contributed by atoms with Crippen LogP contribution in [0, 0.1) is 5.92 Å². The van der Waals surface area contributed by atoms with Crippen molar-refractivity contribution in [2.24, 2.45) is 5.92 Å². The Labute approximate surface area is 128 Å². The van der Waals surface area contributed by atoms with Crippen molar-refractivity contribution in [2.75, 3.05) is 46.4 Å². The lowest BCUT2D eigenvalue weighted by Crippen LogP contribution is -2.39. The molecule has 0 saturated carbocycles. The number of hydrogen-bond donors (Lipinski definition) is 1. The van der Waals surface area contributed by atoms with E-state index in [9.17, 15) is 0 Å². The summed E-state index contributed by atoms with van der Waals surface area (Å²) in [7, 11) is 1.68. The summed E-state index contributed by atoms with van der Waals surface area (Å²) in [6.07, 6.45) is 2.65. The van der Waals surface area contributed by atoms with Gasteiger partial charge in [0, 0.05) is 13.1 Å². The molecule has 0 spiro atoms. The highest BCUT2D eigenvalue weighted by Crippen LogP contribution is 2.25. The number of ether oxygens (including phenoxy) is 2. The largest absolute Gasteiger partial charge is 0.493 e. The van der Waals surface area contributed by atoms with E-state index in [0.29, 0.717) is 6.61 Å². The fraction of sp³-hybridized carbons (Fsp3) is 0.647. The van der Waals surface area contributed by atoms with E-state index in [2.05, 4.69) is 17.1 Å². The number of methoxy groups -OCH3 is 1. The Morgan fingerprint density at radius 2 is 2.10 bits per heavy atom. The van der Waals surface area contributed by atoms with Gasteiger partial charge in [-0.1, -0.05) is 19.1 Å². The van der Waals surface area contributed by atoms with E-state index in [0.717, 1.165) is 37.1 Å². The fourth-order valence-corrected chi connectivity index (χ4v) is 2.85. The molecule has 118 valence electrons. The summed E-state index contributed by atoms with van der Waals surface area (Å²) in [5.41, 5.74) is 0. The molecule has 1 fully saturated rings. The van der Waals surface area contributed by atoms with Crippen molar-refractivity contribution >= 4 is 0 Å². The number of nitrogens with one attached hydrogen (secondary N) is 1. The van der Waals surface area contributed by atoms with Crippen molar-refractivity contribution in [1.29, 1.82) is 0 Å². The highest BCUT2D eigenvalue weighted by molar-refractivity contribution is 5.39. The van der Waals surface area contributed by atoms with Crippen LogP contribution in [0.1, 0.15) is 19.8 Å². The van der Waals surface area contributed by atoms with E-state index < -0.39 is 0 Å². The van der Waals surface area contributed by atoms with Gasteiger partial charge in [-0.15, -0.1) is 0 Å². The van der Waals surface area contributed by atoms with Gasteiger partial charge in [-0.2, -0.15) is 0 Å². The number of nitrogens with zero attached hydrogens (tertiary/aromatic N) is 1. The zero-order valence-electron chi connectivity index (χ0n) is 13.3. The van der Waals surface area contributed by atoms with Gasteiger partial charge < -0.3 is 14.8 Å². The maximum absolute atomic E-state index is 5.87. The molecule has 0 bridgehead atoms. The highest BCUT2D eigenvalue weighted by Gasteiger charge is 2.16. The quantitative estimate of drug-likeness (QED) is 0.798. The van der Waals surface area contributed by atoms with Crippen LogP contribution in [0.25, 0.3) is 0 Å². The molecule has 1 unspecified atom stereocenters. The molecular formula is C17H28N2O2. The van der Waals surface area contributed by atoms with Crippen LogP contribution in [0.5, 0.6) is 11.5 Å².